The lowest BCUT2D eigenvalue weighted by Gasteiger charge is -2.12. The van der Waals surface area contributed by atoms with Crippen LogP contribution >= 0.6 is 0 Å². The van der Waals surface area contributed by atoms with Gasteiger partial charge in [0.25, 0.3) is 0 Å². The van der Waals surface area contributed by atoms with Crippen LogP contribution in [0.25, 0.3) is 78.0 Å². The Hall–Kier alpha value is -5.61. The van der Waals surface area contributed by atoms with Gasteiger partial charge in [-0.15, -0.1) is 0 Å². The normalized spacial score (nSPS) is 11.4. The first-order valence-electron chi connectivity index (χ1n) is 13.6. The zero-order valence-electron chi connectivity index (χ0n) is 22.0. The van der Waals surface area contributed by atoms with E-state index in [1.54, 1.807) is 0 Å². The number of furan rings is 1. The predicted octanol–water partition coefficient (Wildman–Crippen LogP) is 9.59. The molecule has 0 saturated carbocycles. The molecule has 0 aliphatic rings. The summed E-state index contributed by atoms with van der Waals surface area (Å²) in [5.41, 5.74) is 9.05. The summed E-state index contributed by atoms with van der Waals surface area (Å²) in [6.45, 7) is 0. The standard InChI is InChI=1S/C37H23N3O/c1-4-13-24(14-5-1)30-23-31(39-37(38-30)26-17-8-3-9-18-26)27-20-12-21-29-35(27)40-34(25-15-6-2-7-16-25)33-28-19-10-11-22-32(28)41-36(29)33/h1-23H. The fourth-order valence-electron chi connectivity index (χ4n) is 5.56. The summed E-state index contributed by atoms with van der Waals surface area (Å²) in [5.74, 6) is 0.673. The Labute approximate surface area is 236 Å². The topological polar surface area (TPSA) is 51.8 Å². The van der Waals surface area contributed by atoms with Gasteiger partial charge in [0, 0.05) is 33.0 Å². The highest BCUT2D eigenvalue weighted by atomic mass is 16.3. The van der Waals surface area contributed by atoms with Gasteiger partial charge in [0.2, 0.25) is 0 Å². The second-order valence-electron chi connectivity index (χ2n) is 10.0. The van der Waals surface area contributed by atoms with Gasteiger partial charge in [-0.3, -0.25) is 0 Å². The molecule has 3 aromatic heterocycles. The van der Waals surface area contributed by atoms with Crippen molar-refractivity contribution < 1.29 is 4.42 Å². The van der Waals surface area contributed by atoms with Crippen molar-refractivity contribution >= 4 is 32.8 Å². The number of rotatable bonds is 4. The van der Waals surface area contributed by atoms with E-state index in [0.29, 0.717) is 5.82 Å². The molecule has 0 fully saturated rings. The number of fused-ring (bicyclic) bond motifs is 5. The maximum atomic E-state index is 6.53. The predicted molar refractivity (Wildman–Crippen MR) is 166 cm³/mol. The minimum Gasteiger partial charge on any atom is -0.455 e. The van der Waals surface area contributed by atoms with Crippen LogP contribution in [-0.4, -0.2) is 15.0 Å². The fourth-order valence-corrected chi connectivity index (χ4v) is 5.56. The highest BCUT2D eigenvalue weighted by Gasteiger charge is 2.20. The van der Waals surface area contributed by atoms with Crippen LogP contribution in [0.15, 0.2) is 144 Å². The minimum absolute atomic E-state index is 0.673. The molecule has 0 saturated heterocycles. The third-order valence-electron chi connectivity index (χ3n) is 7.49. The van der Waals surface area contributed by atoms with E-state index in [1.807, 2.05) is 84.9 Å². The molecule has 0 aliphatic carbocycles. The van der Waals surface area contributed by atoms with Crippen LogP contribution in [0.4, 0.5) is 0 Å². The first kappa shape index (κ1) is 23.3. The van der Waals surface area contributed by atoms with Gasteiger partial charge in [0.15, 0.2) is 5.82 Å². The molecule has 0 bridgehead atoms. The van der Waals surface area contributed by atoms with E-state index >= 15 is 0 Å². The summed E-state index contributed by atoms with van der Waals surface area (Å²) in [5, 5.41) is 3.03. The summed E-state index contributed by atoms with van der Waals surface area (Å²) in [7, 11) is 0. The Balaban J connectivity index is 1.46. The van der Waals surface area contributed by atoms with E-state index in [4.69, 9.17) is 19.4 Å². The Bertz CT molecular complexity index is 2130. The second-order valence-corrected chi connectivity index (χ2v) is 10.0. The zero-order chi connectivity index (χ0) is 27.2. The van der Waals surface area contributed by atoms with Crippen LogP contribution in [0.3, 0.4) is 0 Å². The van der Waals surface area contributed by atoms with Gasteiger partial charge >= 0.3 is 0 Å². The SMILES string of the molecule is c1ccc(-c2cc(-c3cccc4c3nc(-c3ccccc3)c3c5ccccc5oc43)nc(-c3ccccc3)n2)cc1. The Morgan fingerprint density at radius 2 is 1.07 bits per heavy atom. The molecule has 41 heavy (non-hydrogen) atoms. The molecule has 4 nitrogen and oxygen atoms in total. The van der Waals surface area contributed by atoms with Gasteiger partial charge in [-0.05, 0) is 18.2 Å². The first-order valence-corrected chi connectivity index (χ1v) is 13.6. The molecule has 0 aliphatic heterocycles. The number of hydrogen-bond donors (Lipinski definition) is 0. The van der Waals surface area contributed by atoms with Crippen molar-refractivity contribution in [2.75, 3.05) is 0 Å². The van der Waals surface area contributed by atoms with Crippen LogP contribution in [0.1, 0.15) is 0 Å². The van der Waals surface area contributed by atoms with Crippen LogP contribution in [-0.2, 0) is 0 Å². The molecular formula is C37H23N3O. The van der Waals surface area contributed by atoms with E-state index in [0.717, 1.165) is 72.2 Å². The van der Waals surface area contributed by atoms with E-state index in [9.17, 15) is 0 Å². The van der Waals surface area contributed by atoms with Crippen LogP contribution in [0, 0.1) is 0 Å². The third-order valence-corrected chi connectivity index (χ3v) is 7.49. The van der Waals surface area contributed by atoms with E-state index in [-0.39, 0.29) is 0 Å². The molecule has 0 amide bonds. The number of hydrogen-bond acceptors (Lipinski definition) is 4. The zero-order valence-corrected chi connectivity index (χ0v) is 22.0. The van der Waals surface area contributed by atoms with Crippen LogP contribution in [0.2, 0.25) is 0 Å². The monoisotopic (exact) mass is 525 g/mol. The number of aromatic nitrogens is 3. The lowest BCUT2D eigenvalue weighted by molar-refractivity contribution is 0.672. The quantitative estimate of drug-likeness (QED) is 0.230. The highest BCUT2D eigenvalue weighted by Crippen LogP contribution is 2.41. The summed E-state index contributed by atoms with van der Waals surface area (Å²) in [6, 6.07) is 47.1. The smallest absolute Gasteiger partial charge is 0.160 e. The summed E-state index contributed by atoms with van der Waals surface area (Å²) >= 11 is 0. The van der Waals surface area contributed by atoms with Gasteiger partial charge in [-0.1, -0.05) is 121 Å². The van der Waals surface area contributed by atoms with Crippen molar-refractivity contribution in [2.45, 2.75) is 0 Å². The van der Waals surface area contributed by atoms with Crippen molar-refractivity contribution in [1.29, 1.82) is 0 Å². The molecule has 8 rings (SSSR count). The van der Waals surface area contributed by atoms with Gasteiger partial charge in [0.05, 0.1) is 28.0 Å². The molecule has 0 radical (unpaired) electrons. The van der Waals surface area contributed by atoms with Crippen molar-refractivity contribution in [3.63, 3.8) is 0 Å². The number of para-hydroxylation sites is 2. The maximum Gasteiger partial charge on any atom is 0.160 e. The van der Waals surface area contributed by atoms with Gasteiger partial charge in [-0.2, -0.15) is 0 Å². The van der Waals surface area contributed by atoms with Gasteiger partial charge in [-0.25, -0.2) is 15.0 Å². The van der Waals surface area contributed by atoms with Crippen molar-refractivity contribution in [2.24, 2.45) is 0 Å². The fraction of sp³-hybridized carbons (Fsp3) is 0. The molecule has 0 atom stereocenters. The molecule has 192 valence electrons. The molecular weight excluding hydrogens is 502 g/mol. The van der Waals surface area contributed by atoms with Crippen LogP contribution in [0.5, 0.6) is 0 Å². The lowest BCUT2D eigenvalue weighted by Crippen LogP contribution is -1.97. The van der Waals surface area contributed by atoms with Gasteiger partial charge in [0.1, 0.15) is 11.2 Å². The lowest BCUT2D eigenvalue weighted by atomic mass is 9.99. The number of pyridine rings is 1. The largest absolute Gasteiger partial charge is 0.455 e. The van der Waals surface area contributed by atoms with Crippen molar-refractivity contribution in [3.05, 3.63) is 140 Å². The number of benzene rings is 5. The van der Waals surface area contributed by atoms with E-state index in [1.165, 1.54) is 0 Å². The summed E-state index contributed by atoms with van der Waals surface area (Å²) in [4.78, 5) is 15.4. The van der Waals surface area contributed by atoms with E-state index in [2.05, 4.69) is 54.6 Å². The highest BCUT2D eigenvalue weighted by molar-refractivity contribution is 6.20. The summed E-state index contributed by atoms with van der Waals surface area (Å²) in [6.07, 6.45) is 0. The maximum absolute atomic E-state index is 6.53. The minimum atomic E-state index is 0.673. The average molecular weight is 526 g/mol. The number of nitrogens with zero attached hydrogens (tertiary/aromatic N) is 3. The van der Waals surface area contributed by atoms with Crippen LogP contribution < -0.4 is 0 Å². The molecule has 0 spiro atoms. The average Bonchev–Trinajstić information content (AvgIpc) is 3.45. The molecule has 0 N–H and O–H groups in total. The van der Waals surface area contributed by atoms with Crippen molar-refractivity contribution in [3.8, 4) is 45.2 Å². The molecule has 8 aromatic rings. The Morgan fingerprint density at radius 1 is 0.463 bits per heavy atom. The molecule has 5 aromatic carbocycles. The second kappa shape index (κ2) is 9.54. The Morgan fingerprint density at radius 3 is 1.83 bits per heavy atom. The third kappa shape index (κ3) is 3.97. The molecule has 3 heterocycles. The Kier molecular flexibility index (Phi) is 5.42. The summed E-state index contributed by atoms with van der Waals surface area (Å²) < 4.78 is 6.53. The van der Waals surface area contributed by atoms with E-state index < -0.39 is 0 Å². The molecule has 0 unspecified atom stereocenters. The molecule has 4 heteroatoms. The first-order chi connectivity index (χ1) is 20.3. The van der Waals surface area contributed by atoms with Crippen molar-refractivity contribution in [1.82, 2.24) is 15.0 Å². The van der Waals surface area contributed by atoms with Gasteiger partial charge < -0.3 is 4.42 Å².